The number of carbonyl (C=O) groups excluding carboxylic acids is 2. The first kappa shape index (κ1) is 18.7. The minimum Gasteiger partial charge on any atom is -0.503 e. The van der Waals surface area contributed by atoms with Crippen molar-refractivity contribution in [3.05, 3.63) is 63.6 Å². The highest BCUT2D eigenvalue weighted by molar-refractivity contribution is 7.12. The highest BCUT2D eigenvalue weighted by Gasteiger charge is 2.45. The number of hydrogen-bond acceptors (Lipinski definition) is 6. The van der Waals surface area contributed by atoms with Crippen molar-refractivity contribution in [2.75, 3.05) is 20.3 Å². The number of carbonyl (C=O) groups is 2. The first-order chi connectivity index (χ1) is 13.6. The van der Waals surface area contributed by atoms with Gasteiger partial charge in [0.2, 0.25) is 5.78 Å². The highest BCUT2D eigenvalue weighted by atomic mass is 32.1. The van der Waals surface area contributed by atoms with Crippen molar-refractivity contribution in [2.45, 2.75) is 25.0 Å². The van der Waals surface area contributed by atoms with Crippen molar-refractivity contribution in [3.63, 3.8) is 0 Å². The van der Waals surface area contributed by atoms with Crippen molar-refractivity contribution >= 4 is 23.0 Å². The number of hydrogen-bond donors (Lipinski definition) is 1. The van der Waals surface area contributed by atoms with Crippen LogP contribution >= 0.6 is 11.3 Å². The number of thiophene rings is 1. The van der Waals surface area contributed by atoms with Crippen LogP contribution < -0.4 is 4.74 Å². The number of Topliss-reactive ketones (excluding diaryl/α,β-unsaturated/α-hetero) is 1. The Bertz CT molecular complexity index is 915. The monoisotopic (exact) mass is 399 g/mol. The van der Waals surface area contributed by atoms with E-state index in [0.717, 1.165) is 18.4 Å². The van der Waals surface area contributed by atoms with Crippen molar-refractivity contribution < 1.29 is 24.2 Å². The number of amides is 1. The van der Waals surface area contributed by atoms with Crippen LogP contribution in [0.5, 0.6) is 5.75 Å². The first-order valence-corrected chi connectivity index (χ1v) is 10.1. The fourth-order valence-electron chi connectivity index (χ4n) is 3.78. The van der Waals surface area contributed by atoms with Gasteiger partial charge in [-0.25, -0.2) is 0 Å². The second-order valence-corrected chi connectivity index (χ2v) is 7.79. The molecule has 0 unspecified atom stereocenters. The molecule has 1 amide bonds. The van der Waals surface area contributed by atoms with Crippen LogP contribution in [-0.4, -0.2) is 48.1 Å². The molecule has 2 aliphatic heterocycles. The Hall–Kier alpha value is -2.64. The Morgan fingerprint density at radius 1 is 1.36 bits per heavy atom. The summed E-state index contributed by atoms with van der Waals surface area (Å²) in [7, 11) is 1.56. The van der Waals surface area contributed by atoms with Crippen LogP contribution in [-0.2, 0) is 9.53 Å². The molecule has 146 valence electrons. The van der Waals surface area contributed by atoms with E-state index in [1.165, 1.54) is 11.3 Å². The van der Waals surface area contributed by atoms with Gasteiger partial charge >= 0.3 is 0 Å². The van der Waals surface area contributed by atoms with E-state index >= 15 is 0 Å². The van der Waals surface area contributed by atoms with Gasteiger partial charge in [-0.3, -0.25) is 9.59 Å². The summed E-state index contributed by atoms with van der Waals surface area (Å²) in [5.74, 6) is -0.729. The lowest BCUT2D eigenvalue weighted by molar-refractivity contribution is -0.131. The molecule has 3 heterocycles. The minimum absolute atomic E-state index is 0.0963. The third-order valence-corrected chi connectivity index (χ3v) is 6.00. The molecule has 2 aliphatic rings. The summed E-state index contributed by atoms with van der Waals surface area (Å²) in [6, 6.07) is 10.0. The van der Waals surface area contributed by atoms with Crippen LogP contribution in [0.3, 0.4) is 0 Å². The van der Waals surface area contributed by atoms with Crippen LogP contribution in [0.1, 0.15) is 34.1 Å². The van der Waals surface area contributed by atoms with Crippen LogP contribution in [0.25, 0.3) is 0 Å². The fourth-order valence-corrected chi connectivity index (χ4v) is 4.46. The van der Waals surface area contributed by atoms with Gasteiger partial charge in [0, 0.05) is 13.2 Å². The number of aliphatic hydroxyl groups is 1. The molecule has 1 saturated heterocycles. The van der Waals surface area contributed by atoms with E-state index in [-0.39, 0.29) is 17.5 Å². The fraction of sp³-hybridized carbons (Fsp3) is 0.333. The van der Waals surface area contributed by atoms with Gasteiger partial charge in [-0.2, -0.15) is 0 Å². The van der Waals surface area contributed by atoms with Crippen LogP contribution in [0.4, 0.5) is 0 Å². The maximum atomic E-state index is 13.1. The zero-order valence-corrected chi connectivity index (χ0v) is 16.3. The number of aliphatic hydroxyl groups excluding tert-OH is 1. The Labute approximate surface area is 167 Å². The van der Waals surface area contributed by atoms with E-state index in [1.807, 2.05) is 12.1 Å². The van der Waals surface area contributed by atoms with Crippen molar-refractivity contribution in [2.24, 2.45) is 0 Å². The van der Waals surface area contributed by atoms with Gasteiger partial charge in [-0.15, -0.1) is 11.3 Å². The predicted molar refractivity (Wildman–Crippen MR) is 105 cm³/mol. The summed E-state index contributed by atoms with van der Waals surface area (Å²) in [6.07, 6.45) is 1.70. The molecule has 2 aromatic rings. The average Bonchev–Trinajstić information content (AvgIpc) is 3.46. The van der Waals surface area contributed by atoms with E-state index in [0.29, 0.717) is 23.8 Å². The molecule has 1 aromatic heterocycles. The zero-order valence-electron chi connectivity index (χ0n) is 15.5. The SMILES string of the molecule is COc1cccc([C@@H]2C(C(=O)c3cccs3)=C(O)C(=O)N2C[C@H]2CCCO2)c1. The van der Waals surface area contributed by atoms with E-state index in [9.17, 15) is 14.7 Å². The van der Waals surface area contributed by atoms with Gasteiger partial charge in [-0.1, -0.05) is 18.2 Å². The van der Waals surface area contributed by atoms with Gasteiger partial charge in [0.25, 0.3) is 5.91 Å². The number of ketones is 1. The second kappa shape index (κ2) is 7.77. The van der Waals surface area contributed by atoms with Crippen molar-refractivity contribution in [1.29, 1.82) is 0 Å². The summed E-state index contributed by atoms with van der Waals surface area (Å²) >= 11 is 1.29. The molecule has 0 spiro atoms. The lowest BCUT2D eigenvalue weighted by atomic mass is 9.95. The van der Waals surface area contributed by atoms with E-state index < -0.39 is 17.7 Å². The van der Waals surface area contributed by atoms with Gasteiger partial charge in [0.05, 0.1) is 29.7 Å². The maximum absolute atomic E-state index is 13.1. The minimum atomic E-state index is -0.679. The second-order valence-electron chi connectivity index (χ2n) is 6.84. The third-order valence-electron chi connectivity index (χ3n) is 5.13. The van der Waals surface area contributed by atoms with Crippen LogP contribution in [0.15, 0.2) is 53.1 Å². The van der Waals surface area contributed by atoms with Crippen molar-refractivity contribution in [3.8, 4) is 5.75 Å². The van der Waals surface area contributed by atoms with Crippen LogP contribution in [0, 0.1) is 0 Å². The number of methoxy groups -OCH3 is 1. The molecule has 2 atom stereocenters. The molecule has 7 heteroatoms. The number of ether oxygens (including phenoxy) is 2. The Kier molecular flexibility index (Phi) is 5.19. The third kappa shape index (κ3) is 3.31. The molecule has 0 radical (unpaired) electrons. The van der Waals surface area contributed by atoms with E-state index in [1.54, 1.807) is 41.7 Å². The molecule has 1 N–H and O–H groups in total. The number of nitrogens with zero attached hydrogens (tertiary/aromatic N) is 1. The quantitative estimate of drug-likeness (QED) is 0.753. The topological polar surface area (TPSA) is 76.1 Å². The first-order valence-electron chi connectivity index (χ1n) is 9.18. The largest absolute Gasteiger partial charge is 0.503 e. The Morgan fingerprint density at radius 3 is 2.89 bits per heavy atom. The normalized spacial score (nSPS) is 22.2. The molecule has 4 rings (SSSR count). The molecule has 0 aliphatic carbocycles. The molecule has 1 aromatic carbocycles. The number of benzene rings is 1. The summed E-state index contributed by atoms with van der Waals surface area (Å²) in [5, 5.41) is 12.4. The molecular formula is C21H21NO5S. The molecule has 6 nitrogen and oxygen atoms in total. The van der Waals surface area contributed by atoms with Gasteiger partial charge < -0.3 is 19.5 Å². The lowest BCUT2D eigenvalue weighted by Crippen LogP contribution is -2.37. The van der Waals surface area contributed by atoms with E-state index in [2.05, 4.69) is 0 Å². The summed E-state index contributed by atoms with van der Waals surface area (Å²) in [6.45, 7) is 0.989. The predicted octanol–water partition coefficient (Wildman–Crippen LogP) is 3.51. The van der Waals surface area contributed by atoms with Gasteiger partial charge in [0.1, 0.15) is 5.75 Å². The number of rotatable bonds is 6. The van der Waals surface area contributed by atoms with Gasteiger partial charge in [0.15, 0.2) is 5.76 Å². The summed E-state index contributed by atoms with van der Waals surface area (Å²) in [4.78, 5) is 28.1. The molecule has 0 bridgehead atoms. The average molecular weight is 399 g/mol. The summed E-state index contributed by atoms with van der Waals surface area (Å²) in [5.41, 5.74) is 0.827. The van der Waals surface area contributed by atoms with Crippen molar-refractivity contribution in [1.82, 2.24) is 4.90 Å². The van der Waals surface area contributed by atoms with E-state index in [4.69, 9.17) is 9.47 Å². The Morgan fingerprint density at radius 2 is 2.21 bits per heavy atom. The molecule has 28 heavy (non-hydrogen) atoms. The van der Waals surface area contributed by atoms with Crippen LogP contribution in [0.2, 0.25) is 0 Å². The lowest BCUT2D eigenvalue weighted by Gasteiger charge is -2.29. The smallest absolute Gasteiger partial charge is 0.290 e. The Balaban J connectivity index is 1.77. The zero-order chi connectivity index (χ0) is 19.7. The summed E-state index contributed by atoms with van der Waals surface area (Å²) < 4.78 is 11.0. The molecule has 0 saturated carbocycles. The highest BCUT2D eigenvalue weighted by Crippen LogP contribution is 2.40. The standard InChI is InChI=1S/C21H21NO5S/c1-26-14-6-2-5-13(11-14)18-17(19(23)16-8-4-10-28-16)20(24)21(25)22(18)12-15-7-3-9-27-15/h2,4-6,8,10-11,15,18,24H,3,7,9,12H2,1H3/t15-,18-/m1/s1. The maximum Gasteiger partial charge on any atom is 0.290 e. The molecule has 1 fully saturated rings. The molecular weight excluding hydrogens is 378 g/mol. The van der Waals surface area contributed by atoms with Gasteiger partial charge in [-0.05, 0) is 42.0 Å².